The van der Waals surface area contributed by atoms with Crippen LogP contribution in [0, 0.1) is 0 Å². The Labute approximate surface area is 101 Å². The second kappa shape index (κ2) is 6.70. The third kappa shape index (κ3) is 4.28. The molecule has 1 rings (SSSR count). The molecule has 0 aliphatic heterocycles. The van der Waals surface area contributed by atoms with E-state index in [1.807, 2.05) is 0 Å². The Bertz CT molecular complexity index is 402. The molecular weight excluding hydrogens is 218 g/mol. The van der Waals surface area contributed by atoms with E-state index in [4.69, 9.17) is 5.11 Å². The average Bonchev–Trinajstić information content (AvgIpc) is 2.35. The van der Waals surface area contributed by atoms with Gasteiger partial charge in [0.15, 0.2) is 0 Å². The van der Waals surface area contributed by atoms with Crippen molar-refractivity contribution in [1.29, 1.82) is 0 Å². The first kappa shape index (κ1) is 13.3. The van der Waals surface area contributed by atoms with Crippen LogP contribution in [-0.2, 0) is 17.9 Å². The third-order valence-electron chi connectivity index (χ3n) is 2.38. The number of hydrogen-bond acceptors (Lipinski definition) is 3. The lowest BCUT2D eigenvalue weighted by molar-refractivity contribution is -0.121. The predicted molar refractivity (Wildman–Crippen MR) is 65.3 cm³/mol. The van der Waals surface area contributed by atoms with E-state index in [0.29, 0.717) is 24.9 Å². The third-order valence-corrected chi connectivity index (χ3v) is 2.38. The molecule has 4 heteroatoms. The van der Waals surface area contributed by atoms with E-state index >= 15 is 0 Å². The Morgan fingerprint density at radius 3 is 2.88 bits per heavy atom. The Morgan fingerprint density at radius 2 is 2.24 bits per heavy atom. The number of carbonyl (C=O) groups excluding carboxylic acids is 1. The molecule has 0 bridgehead atoms. The maximum absolute atomic E-state index is 11.3. The van der Waals surface area contributed by atoms with Gasteiger partial charge in [0.1, 0.15) is 5.75 Å². The van der Waals surface area contributed by atoms with Crippen LogP contribution in [0.4, 0.5) is 0 Å². The number of phenols is 1. The van der Waals surface area contributed by atoms with Crippen LogP contribution in [-0.4, -0.2) is 16.1 Å². The fourth-order valence-electron chi connectivity index (χ4n) is 1.40. The summed E-state index contributed by atoms with van der Waals surface area (Å²) in [6.45, 7) is 3.72. The van der Waals surface area contributed by atoms with Crippen molar-refractivity contribution in [2.45, 2.75) is 26.0 Å². The van der Waals surface area contributed by atoms with E-state index in [1.165, 1.54) is 6.07 Å². The summed E-state index contributed by atoms with van der Waals surface area (Å²) < 4.78 is 0. The number of aliphatic hydroxyl groups is 1. The first-order chi connectivity index (χ1) is 8.17. The second-order valence-corrected chi connectivity index (χ2v) is 3.73. The van der Waals surface area contributed by atoms with Gasteiger partial charge in [-0.3, -0.25) is 4.79 Å². The number of carbonyl (C=O) groups is 1. The number of hydrogen-bond donors (Lipinski definition) is 3. The molecular formula is C13H17NO3. The van der Waals surface area contributed by atoms with Crippen molar-refractivity contribution in [1.82, 2.24) is 5.32 Å². The Balaban J connectivity index is 2.51. The molecule has 92 valence electrons. The zero-order valence-electron chi connectivity index (χ0n) is 9.65. The number of nitrogens with one attached hydrogen (secondary N) is 1. The van der Waals surface area contributed by atoms with Crippen molar-refractivity contribution >= 4 is 5.91 Å². The van der Waals surface area contributed by atoms with Crippen LogP contribution in [0.2, 0.25) is 0 Å². The van der Waals surface area contributed by atoms with Gasteiger partial charge in [0, 0.05) is 18.5 Å². The van der Waals surface area contributed by atoms with Crippen LogP contribution in [0.5, 0.6) is 5.75 Å². The molecule has 0 unspecified atom stereocenters. The molecule has 0 aliphatic carbocycles. The highest BCUT2D eigenvalue weighted by atomic mass is 16.3. The van der Waals surface area contributed by atoms with E-state index in [-0.39, 0.29) is 18.3 Å². The molecule has 0 aliphatic rings. The van der Waals surface area contributed by atoms with Gasteiger partial charge >= 0.3 is 0 Å². The summed E-state index contributed by atoms with van der Waals surface area (Å²) in [5.41, 5.74) is 1.31. The minimum atomic E-state index is -0.218. The van der Waals surface area contributed by atoms with Gasteiger partial charge < -0.3 is 15.5 Å². The van der Waals surface area contributed by atoms with E-state index in [1.54, 1.807) is 18.2 Å². The van der Waals surface area contributed by atoms with Gasteiger partial charge in [-0.15, -0.1) is 6.58 Å². The van der Waals surface area contributed by atoms with Gasteiger partial charge in [-0.1, -0.05) is 12.1 Å². The molecule has 17 heavy (non-hydrogen) atoms. The molecule has 0 saturated heterocycles. The van der Waals surface area contributed by atoms with Crippen LogP contribution < -0.4 is 5.32 Å². The number of benzene rings is 1. The average molecular weight is 235 g/mol. The number of rotatable bonds is 6. The lowest BCUT2D eigenvalue weighted by Gasteiger charge is -2.07. The normalized spacial score (nSPS) is 9.94. The summed E-state index contributed by atoms with van der Waals surface area (Å²) in [6.07, 6.45) is 2.78. The lowest BCUT2D eigenvalue weighted by atomic mass is 10.1. The molecule has 0 heterocycles. The standard InChI is InChI=1S/C13H17NO3/c1-2-3-4-13(17)14-8-10-5-6-12(16)11(7-10)9-15/h2,5-7,15-16H,1,3-4,8-9H2,(H,14,17). The fraction of sp³-hybridized carbons (Fsp3) is 0.308. The van der Waals surface area contributed by atoms with Gasteiger partial charge in [-0.05, 0) is 24.1 Å². The number of amides is 1. The molecule has 0 spiro atoms. The Kier molecular flexibility index (Phi) is 5.23. The van der Waals surface area contributed by atoms with Crippen molar-refractivity contribution in [3.63, 3.8) is 0 Å². The van der Waals surface area contributed by atoms with E-state index in [9.17, 15) is 9.90 Å². The minimum Gasteiger partial charge on any atom is -0.508 e. The summed E-state index contributed by atoms with van der Waals surface area (Å²) in [5.74, 6) is 0.0257. The van der Waals surface area contributed by atoms with Crippen molar-refractivity contribution < 1.29 is 15.0 Å². The molecule has 0 saturated carbocycles. The summed E-state index contributed by atoms with van der Waals surface area (Å²) in [4.78, 5) is 11.3. The summed E-state index contributed by atoms with van der Waals surface area (Å²) >= 11 is 0. The molecule has 3 N–H and O–H groups in total. The smallest absolute Gasteiger partial charge is 0.220 e. The minimum absolute atomic E-state index is 0.0384. The molecule has 4 nitrogen and oxygen atoms in total. The van der Waals surface area contributed by atoms with Gasteiger partial charge in [-0.2, -0.15) is 0 Å². The first-order valence-corrected chi connectivity index (χ1v) is 5.46. The number of allylic oxidation sites excluding steroid dienone is 1. The van der Waals surface area contributed by atoms with Crippen molar-refractivity contribution in [3.8, 4) is 5.75 Å². The lowest BCUT2D eigenvalue weighted by Crippen LogP contribution is -2.22. The van der Waals surface area contributed by atoms with Gasteiger partial charge in [0.2, 0.25) is 5.91 Å². The van der Waals surface area contributed by atoms with E-state index in [0.717, 1.165) is 5.56 Å². The Hall–Kier alpha value is -1.81. The maximum atomic E-state index is 11.3. The largest absolute Gasteiger partial charge is 0.508 e. The fourth-order valence-corrected chi connectivity index (χ4v) is 1.40. The maximum Gasteiger partial charge on any atom is 0.220 e. The molecule has 0 atom stereocenters. The topological polar surface area (TPSA) is 69.6 Å². The number of aliphatic hydroxyl groups excluding tert-OH is 1. The highest BCUT2D eigenvalue weighted by molar-refractivity contribution is 5.75. The highest BCUT2D eigenvalue weighted by Gasteiger charge is 2.03. The molecule has 0 aromatic heterocycles. The van der Waals surface area contributed by atoms with Crippen molar-refractivity contribution in [2.24, 2.45) is 0 Å². The van der Waals surface area contributed by atoms with E-state index in [2.05, 4.69) is 11.9 Å². The SMILES string of the molecule is C=CCCC(=O)NCc1ccc(O)c(CO)c1. The van der Waals surface area contributed by atoms with Crippen molar-refractivity contribution in [2.75, 3.05) is 0 Å². The van der Waals surface area contributed by atoms with Gasteiger partial charge in [0.25, 0.3) is 0 Å². The van der Waals surface area contributed by atoms with Crippen LogP contribution in [0.25, 0.3) is 0 Å². The molecule has 0 fully saturated rings. The zero-order valence-corrected chi connectivity index (χ0v) is 9.65. The molecule has 0 radical (unpaired) electrons. The van der Waals surface area contributed by atoms with Crippen LogP contribution in [0.1, 0.15) is 24.0 Å². The van der Waals surface area contributed by atoms with Gasteiger partial charge in [-0.25, -0.2) is 0 Å². The summed E-state index contributed by atoms with van der Waals surface area (Å²) in [7, 11) is 0. The summed E-state index contributed by atoms with van der Waals surface area (Å²) in [5, 5.41) is 21.1. The molecule has 1 amide bonds. The molecule has 1 aromatic carbocycles. The Morgan fingerprint density at radius 1 is 1.47 bits per heavy atom. The predicted octanol–water partition coefficient (Wildman–Crippen LogP) is 1.47. The van der Waals surface area contributed by atoms with Crippen LogP contribution in [0.15, 0.2) is 30.9 Å². The van der Waals surface area contributed by atoms with Crippen LogP contribution >= 0.6 is 0 Å². The van der Waals surface area contributed by atoms with Gasteiger partial charge in [0.05, 0.1) is 6.61 Å². The van der Waals surface area contributed by atoms with Crippen molar-refractivity contribution in [3.05, 3.63) is 42.0 Å². The van der Waals surface area contributed by atoms with Crippen LogP contribution in [0.3, 0.4) is 0 Å². The zero-order chi connectivity index (χ0) is 12.7. The second-order valence-electron chi connectivity index (χ2n) is 3.73. The summed E-state index contributed by atoms with van der Waals surface area (Å²) in [6, 6.07) is 4.89. The first-order valence-electron chi connectivity index (χ1n) is 5.46. The van der Waals surface area contributed by atoms with E-state index < -0.39 is 0 Å². The molecule has 1 aromatic rings. The number of aromatic hydroxyl groups is 1. The quantitative estimate of drug-likeness (QED) is 0.654. The monoisotopic (exact) mass is 235 g/mol. The highest BCUT2D eigenvalue weighted by Crippen LogP contribution is 2.18.